The van der Waals surface area contributed by atoms with Gasteiger partial charge in [-0.25, -0.2) is 0 Å². The zero-order valence-corrected chi connectivity index (χ0v) is 14.5. The Bertz CT molecular complexity index is 564. The van der Waals surface area contributed by atoms with Crippen LogP contribution in [0.2, 0.25) is 0 Å². The monoisotopic (exact) mass is 328 g/mol. The lowest BCUT2D eigenvalue weighted by Crippen LogP contribution is -2.51. The van der Waals surface area contributed by atoms with Gasteiger partial charge in [-0.05, 0) is 43.7 Å². The van der Waals surface area contributed by atoms with Crippen LogP contribution < -0.4 is 5.32 Å². The molecule has 3 rings (SSSR count). The van der Waals surface area contributed by atoms with Crippen molar-refractivity contribution in [2.45, 2.75) is 51.5 Å². The van der Waals surface area contributed by atoms with Crippen LogP contribution in [0.4, 0.5) is 0 Å². The quantitative estimate of drug-likeness (QED) is 0.926. The molecular formula is C20H28N2O2. The van der Waals surface area contributed by atoms with E-state index in [1.807, 2.05) is 35.2 Å². The van der Waals surface area contributed by atoms with Crippen LogP contribution in [0.25, 0.3) is 0 Å². The van der Waals surface area contributed by atoms with Gasteiger partial charge >= 0.3 is 0 Å². The van der Waals surface area contributed by atoms with Crippen LogP contribution in [-0.4, -0.2) is 35.8 Å². The number of carbonyl (C=O) groups is 2. The molecule has 1 N–H and O–H groups in total. The molecule has 0 radical (unpaired) electrons. The van der Waals surface area contributed by atoms with E-state index < -0.39 is 0 Å². The number of carbonyl (C=O) groups excluding carboxylic acids is 2. The first-order valence-electron chi connectivity index (χ1n) is 9.30. The maximum atomic E-state index is 13.0. The number of rotatable bonds is 3. The van der Waals surface area contributed by atoms with Crippen LogP contribution >= 0.6 is 0 Å². The standard InChI is InChI=1S/C20H28N2O2/c1-15-11-13-22(14-12-15)20(24)17-9-5-6-10-18(17)21-19(23)16-7-3-2-4-8-16/h2-4,7-8,15,17-18H,5-6,9-14H2,1H3,(H,21,23)/t17-,18-/m0/s1. The Balaban J connectivity index is 1.65. The minimum atomic E-state index is -0.0624. The Morgan fingerprint density at radius 3 is 2.38 bits per heavy atom. The molecule has 0 bridgehead atoms. The highest BCUT2D eigenvalue weighted by atomic mass is 16.2. The summed E-state index contributed by atoms with van der Waals surface area (Å²) >= 11 is 0. The largest absolute Gasteiger partial charge is 0.349 e. The smallest absolute Gasteiger partial charge is 0.251 e. The van der Waals surface area contributed by atoms with Gasteiger partial charge < -0.3 is 10.2 Å². The Hall–Kier alpha value is -1.84. The second-order valence-corrected chi connectivity index (χ2v) is 7.34. The predicted molar refractivity (Wildman–Crippen MR) is 94.6 cm³/mol. The van der Waals surface area contributed by atoms with Crippen molar-refractivity contribution in [3.63, 3.8) is 0 Å². The molecule has 0 unspecified atom stereocenters. The maximum absolute atomic E-state index is 13.0. The molecule has 0 aromatic heterocycles. The van der Waals surface area contributed by atoms with Crippen LogP contribution in [0.1, 0.15) is 55.8 Å². The summed E-state index contributed by atoms with van der Waals surface area (Å²) in [4.78, 5) is 27.5. The summed E-state index contributed by atoms with van der Waals surface area (Å²) in [5, 5.41) is 3.13. The minimum absolute atomic E-state index is 0.0293. The molecule has 1 aliphatic carbocycles. The Morgan fingerprint density at radius 2 is 1.67 bits per heavy atom. The zero-order chi connectivity index (χ0) is 16.9. The first kappa shape index (κ1) is 17.0. The molecule has 1 aliphatic heterocycles. The van der Waals surface area contributed by atoms with Gasteiger partial charge in [0, 0.05) is 24.7 Å². The molecule has 1 aromatic carbocycles. The van der Waals surface area contributed by atoms with Gasteiger partial charge in [-0.2, -0.15) is 0 Å². The van der Waals surface area contributed by atoms with E-state index in [0.29, 0.717) is 11.5 Å². The molecule has 24 heavy (non-hydrogen) atoms. The summed E-state index contributed by atoms with van der Waals surface area (Å²) in [6, 6.07) is 9.25. The third kappa shape index (κ3) is 3.97. The van der Waals surface area contributed by atoms with Gasteiger partial charge in [0.15, 0.2) is 0 Å². The lowest BCUT2D eigenvalue weighted by atomic mass is 9.82. The fourth-order valence-electron chi connectivity index (χ4n) is 3.90. The van der Waals surface area contributed by atoms with Crippen LogP contribution in [-0.2, 0) is 4.79 Å². The van der Waals surface area contributed by atoms with Crippen molar-refractivity contribution in [3.05, 3.63) is 35.9 Å². The predicted octanol–water partition coefficient (Wildman–Crippen LogP) is 3.23. The van der Waals surface area contributed by atoms with E-state index in [1.54, 1.807) is 0 Å². The average molecular weight is 328 g/mol. The number of hydrogen-bond acceptors (Lipinski definition) is 2. The summed E-state index contributed by atoms with van der Waals surface area (Å²) in [5.74, 6) is 0.848. The van der Waals surface area contributed by atoms with Crippen molar-refractivity contribution in [1.29, 1.82) is 0 Å². The molecule has 1 aromatic rings. The highest BCUT2D eigenvalue weighted by Gasteiger charge is 2.35. The Morgan fingerprint density at radius 1 is 1.00 bits per heavy atom. The van der Waals surface area contributed by atoms with Gasteiger partial charge in [-0.1, -0.05) is 38.0 Å². The van der Waals surface area contributed by atoms with Gasteiger partial charge in [-0.15, -0.1) is 0 Å². The average Bonchev–Trinajstić information content (AvgIpc) is 2.63. The molecule has 1 heterocycles. The van der Waals surface area contributed by atoms with E-state index in [0.717, 1.165) is 51.6 Å². The number of piperidine rings is 1. The van der Waals surface area contributed by atoms with E-state index in [2.05, 4.69) is 12.2 Å². The number of hydrogen-bond donors (Lipinski definition) is 1. The normalized spacial score (nSPS) is 25.3. The van der Waals surface area contributed by atoms with Gasteiger partial charge in [0.05, 0.1) is 5.92 Å². The second-order valence-electron chi connectivity index (χ2n) is 7.34. The molecule has 1 saturated carbocycles. The van der Waals surface area contributed by atoms with Crippen molar-refractivity contribution in [3.8, 4) is 0 Å². The van der Waals surface area contributed by atoms with E-state index in [9.17, 15) is 9.59 Å². The van der Waals surface area contributed by atoms with Crippen molar-refractivity contribution < 1.29 is 9.59 Å². The summed E-state index contributed by atoms with van der Waals surface area (Å²) < 4.78 is 0. The van der Waals surface area contributed by atoms with Crippen molar-refractivity contribution in [2.75, 3.05) is 13.1 Å². The molecule has 0 spiro atoms. The molecule has 2 aliphatic rings. The summed E-state index contributed by atoms with van der Waals surface area (Å²) in [6.07, 6.45) is 6.15. The Labute approximate surface area is 144 Å². The first-order valence-corrected chi connectivity index (χ1v) is 9.30. The van der Waals surface area contributed by atoms with Crippen molar-refractivity contribution in [2.24, 2.45) is 11.8 Å². The lowest BCUT2D eigenvalue weighted by Gasteiger charge is -2.37. The van der Waals surface area contributed by atoms with Gasteiger partial charge in [0.1, 0.15) is 0 Å². The molecule has 4 nitrogen and oxygen atoms in total. The third-order valence-electron chi connectivity index (χ3n) is 5.53. The Kier molecular flexibility index (Phi) is 5.54. The van der Waals surface area contributed by atoms with E-state index in [-0.39, 0.29) is 23.8 Å². The van der Waals surface area contributed by atoms with Crippen LogP contribution in [0.5, 0.6) is 0 Å². The van der Waals surface area contributed by atoms with E-state index >= 15 is 0 Å². The van der Waals surface area contributed by atoms with Crippen LogP contribution in [0.3, 0.4) is 0 Å². The highest BCUT2D eigenvalue weighted by molar-refractivity contribution is 5.94. The third-order valence-corrected chi connectivity index (χ3v) is 5.53. The first-order chi connectivity index (χ1) is 11.6. The summed E-state index contributed by atoms with van der Waals surface area (Å²) in [6.45, 7) is 4.00. The molecule has 2 fully saturated rings. The number of benzene rings is 1. The number of nitrogens with zero attached hydrogens (tertiary/aromatic N) is 1. The van der Waals surface area contributed by atoms with Crippen LogP contribution in [0, 0.1) is 11.8 Å². The zero-order valence-electron chi connectivity index (χ0n) is 14.5. The van der Waals surface area contributed by atoms with E-state index in [1.165, 1.54) is 0 Å². The molecule has 130 valence electrons. The fraction of sp³-hybridized carbons (Fsp3) is 0.600. The molecule has 4 heteroatoms. The summed E-state index contributed by atoms with van der Waals surface area (Å²) in [5.41, 5.74) is 0.668. The van der Waals surface area contributed by atoms with Gasteiger partial charge in [-0.3, -0.25) is 9.59 Å². The number of likely N-dealkylation sites (tertiary alicyclic amines) is 1. The topological polar surface area (TPSA) is 49.4 Å². The molecule has 2 atom stereocenters. The number of nitrogens with one attached hydrogen (secondary N) is 1. The fourth-order valence-corrected chi connectivity index (χ4v) is 3.90. The maximum Gasteiger partial charge on any atom is 0.251 e. The lowest BCUT2D eigenvalue weighted by molar-refractivity contribution is -0.138. The SMILES string of the molecule is CC1CCN(C(=O)[C@H]2CCCC[C@@H]2NC(=O)c2ccccc2)CC1. The molecular weight excluding hydrogens is 300 g/mol. The highest BCUT2D eigenvalue weighted by Crippen LogP contribution is 2.28. The summed E-state index contributed by atoms with van der Waals surface area (Å²) in [7, 11) is 0. The second kappa shape index (κ2) is 7.82. The van der Waals surface area contributed by atoms with Crippen molar-refractivity contribution >= 4 is 11.8 Å². The van der Waals surface area contributed by atoms with Crippen molar-refractivity contribution in [1.82, 2.24) is 10.2 Å². The number of amides is 2. The van der Waals surface area contributed by atoms with Gasteiger partial charge in [0.25, 0.3) is 5.91 Å². The van der Waals surface area contributed by atoms with Gasteiger partial charge in [0.2, 0.25) is 5.91 Å². The van der Waals surface area contributed by atoms with E-state index in [4.69, 9.17) is 0 Å². The van der Waals surface area contributed by atoms with Crippen LogP contribution in [0.15, 0.2) is 30.3 Å². The minimum Gasteiger partial charge on any atom is -0.349 e. The molecule has 2 amide bonds. The molecule has 1 saturated heterocycles.